The van der Waals surface area contributed by atoms with Crippen LogP contribution in [0.1, 0.15) is 50.5 Å². The fourth-order valence-corrected chi connectivity index (χ4v) is 4.56. The van der Waals surface area contributed by atoms with Crippen molar-refractivity contribution in [1.82, 2.24) is 15.1 Å². The molecule has 0 saturated carbocycles. The summed E-state index contributed by atoms with van der Waals surface area (Å²) in [5.74, 6) is 0.453. The number of hydrogen-bond donors (Lipinski definition) is 1. The molecule has 1 unspecified atom stereocenters. The molecule has 1 fully saturated rings. The molecule has 1 saturated heterocycles. The van der Waals surface area contributed by atoms with Crippen molar-refractivity contribution in [1.29, 1.82) is 0 Å². The lowest BCUT2D eigenvalue weighted by molar-refractivity contribution is -0.140. The molecule has 2 aliphatic rings. The summed E-state index contributed by atoms with van der Waals surface area (Å²) in [4.78, 5) is 42.5. The van der Waals surface area contributed by atoms with Crippen molar-refractivity contribution in [2.45, 2.75) is 64.8 Å². The van der Waals surface area contributed by atoms with Crippen LogP contribution in [0, 0.1) is 5.92 Å². The predicted molar refractivity (Wildman–Crippen MR) is 126 cm³/mol. The van der Waals surface area contributed by atoms with E-state index in [1.165, 1.54) is 0 Å². The second-order valence-electron chi connectivity index (χ2n) is 9.99. The van der Waals surface area contributed by atoms with Crippen molar-refractivity contribution in [3.8, 4) is 0 Å². The number of rotatable bonds is 4. The van der Waals surface area contributed by atoms with E-state index in [0.29, 0.717) is 51.2 Å². The molecule has 1 aromatic carbocycles. The minimum atomic E-state index is -0.650. The molecule has 3 amide bonds. The van der Waals surface area contributed by atoms with Crippen molar-refractivity contribution < 1.29 is 23.5 Å². The van der Waals surface area contributed by atoms with Crippen molar-refractivity contribution in [3.05, 3.63) is 59.5 Å². The average molecular weight is 468 g/mol. The highest BCUT2D eigenvalue weighted by Crippen LogP contribution is 2.28. The zero-order valence-corrected chi connectivity index (χ0v) is 20.1. The average Bonchev–Trinajstić information content (AvgIpc) is 3.34. The Morgan fingerprint density at radius 3 is 2.41 bits per heavy atom. The Kier molecular flexibility index (Phi) is 6.95. The summed E-state index contributed by atoms with van der Waals surface area (Å²) < 4.78 is 10.9. The van der Waals surface area contributed by atoms with Crippen molar-refractivity contribution >= 4 is 17.9 Å². The first-order valence-corrected chi connectivity index (χ1v) is 11.9. The summed E-state index contributed by atoms with van der Waals surface area (Å²) in [6, 6.07) is 10.9. The van der Waals surface area contributed by atoms with Crippen LogP contribution >= 0.6 is 0 Å². The number of ether oxygens (including phenoxy) is 1. The summed E-state index contributed by atoms with van der Waals surface area (Å²) in [5.41, 5.74) is 1.46. The summed E-state index contributed by atoms with van der Waals surface area (Å²) >= 11 is 0. The monoisotopic (exact) mass is 467 g/mol. The maximum atomic E-state index is 13.6. The van der Waals surface area contributed by atoms with E-state index in [9.17, 15) is 14.4 Å². The first-order valence-electron chi connectivity index (χ1n) is 11.9. The molecular formula is C26H33N3O5. The highest BCUT2D eigenvalue weighted by molar-refractivity contribution is 5.87. The van der Waals surface area contributed by atoms with Gasteiger partial charge in [-0.05, 0) is 56.9 Å². The molecule has 1 atom stereocenters. The van der Waals surface area contributed by atoms with Gasteiger partial charge in [0.25, 0.3) is 0 Å². The van der Waals surface area contributed by atoms with E-state index >= 15 is 0 Å². The number of furan rings is 1. The largest absolute Gasteiger partial charge is 0.467 e. The van der Waals surface area contributed by atoms with Crippen LogP contribution < -0.4 is 5.32 Å². The van der Waals surface area contributed by atoms with Crippen LogP contribution in [-0.4, -0.2) is 52.4 Å². The number of likely N-dealkylation sites (tertiary alicyclic amines) is 1. The first-order chi connectivity index (χ1) is 16.2. The normalized spacial score (nSPS) is 18.9. The third-order valence-electron chi connectivity index (χ3n) is 6.36. The van der Waals surface area contributed by atoms with Crippen LogP contribution in [-0.2, 0) is 33.8 Å². The molecule has 8 heteroatoms. The van der Waals surface area contributed by atoms with E-state index in [0.717, 1.165) is 11.1 Å². The molecule has 0 bridgehead atoms. The molecular weight excluding hydrogens is 434 g/mol. The first kappa shape index (κ1) is 23.9. The maximum absolute atomic E-state index is 13.6. The summed E-state index contributed by atoms with van der Waals surface area (Å²) in [6.07, 6.45) is 2.73. The van der Waals surface area contributed by atoms with Gasteiger partial charge in [-0.2, -0.15) is 0 Å². The molecule has 34 heavy (non-hydrogen) atoms. The number of carbonyl (C=O) groups is 3. The van der Waals surface area contributed by atoms with Crippen LogP contribution in [0.5, 0.6) is 0 Å². The molecule has 0 spiro atoms. The van der Waals surface area contributed by atoms with Crippen LogP contribution in [0.15, 0.2) is 47.1 Å². The van der Waals surface area contributed by atoms with Crippen LogP contribution in [0.25, 0.3) is 0 Å². The number of hydrogen-bond acceptors (Lipinski definition) is 5. The number of nitrogens with one attached hydrogen (secondary N) is 1. The van der Waals surface area contributed by atoms with Gasteiger partial charge in [0.1, 0.15) is 17.4 Å². The molecule has 4 rings (SSSR count). The Bertz CT molecular complexity index is 1020. The van der Waals surface area contributed by atoms with E-state index in [1.54, 1.807) is 22.1 Å². The van der Waals surface area contributed by atoms with Gasteiger partial charge in [-0.3, -0.25) is 14.5 Å². The minimum Gasteiger partial charge on any atom is -0.467 e. The number of amides is 3. The van der Waals surface area contributed by atoms with Gasteiger partial charge in [-0.1, -0.05) is 24.3 Å². The highest BCUT2D eigenvalue weighted by atomic mass is 16.6. The van der Waals surface area contributed by atoms with E-state index < -0.39 is 17.7 Å². The van der Waals surface area contributed by atoms with Gasteiger partial charge in [0.2, 0.25) is 11.8 Å². The Hall–Kier alpha value is -3.29. The summed E-state index contributed by atoms with van der Waals surface area (Å²) in [6.45, 7) is 7.13. The Morgan fingerprint density at radius 1 is 1.06 bits per heavy atom. The van der Waals surface area contributed by atoms with Gasteiger partial charge in [0.05, 0.1) is 19.4 Å². The highest BCUT2D eigenvalue weighted by Gasteiger charge is 2.40. The van der Waals surface area contributed by atoms with Gasteiger partial charge in [-0.15, -0.1) is 0 Å². The van der Waals surface area contributed by atoms with Gasteiger partial charge in [0.15, 0.2) is 0 Å². The Balaban J connectivity index is 1.40. The second-order valence-corrected chi connectivity index (χ2v) is 9.99. The number of benzene rings is 1. The molecule has 1 aromatic heterocycles. The lowest BCUT2D eigenvalue weighted by atomic mass is 9.91. The zero-order chi connectivity index (χ0) is 24.3. The van der Waals surface area contributed by atoms with Crippen LogP contribution in [0.2, 0.25) is 0 Å². The lowest BCUT2D eigenvalue weighted by Crippen LogP contribution is -2.56. The van der Waals surface area contributed by atoms with Gasteiger partial charge in [-0.25, -0.2) is 4.79 Å². The second kappa shape index (κ2) is 9.91. The molecule has 2 aliphatic heterocycles. The molecule has 182 valence electrons. The zero-order valence-electron chi connectivity index (χ0n) is 20.1. The summed E-state index contributed by atoms with van der Waals surface area (Å²) in [5, 5.41) is 2.91. The van der Waals surface area contributed by atoms with Crippen molar-refractivity contribution in [3.63, 3.8) is 0 Å². The minimum absolute atomic E-state index is 0.0227. The SMILES string of the molecule is CC(C)(C)OC(=O)N1Cc2ccccc2CC1C(=O)N1CCC(C(=O)NCc2ccco2)CC1. The van der Waals surface area contributed by atoms with E-state index in [-0.39, 0.29) is 17.7 Å². The molecule has 2 aromatic rings. The van der Waals surface area contributed by atoms with Gasteiger partial charge < -0.3 is 19.4 Å². The molecule has 0 aliphatic carbocycles. The summed E-state index contributed by atoms with van der Waals surface area (Å²) in [7, 11) is 0. The Morgan fingerprint density at radius 2 is 1.76 bits per heavy atom. The van der Waals surface area contributed by atoms with Crippen molar-refractivity contribution in [2.24, 2.45) is 5.92 Å². The van der Waals surface area contributed by atoms with Gasteiger partial charge in [0, 0.05) is 25.4 Å². The van der Waals surface area contributed by atoms with E-state index in [1.807, 2.05) is 51.1 Å². The van der Waals surface area contributed by atoms with E-state index in [2.05, 4.69) is 5.32 Å². The van der Waals surface area contributed by atoms with Crippen molar-refractivity contribution in [2.75, 3.05) is 13.1 Å². The molecule has 8 nitrogen and oxygen atoms in total. The molecule has 0 radical (unpaired) electrons. The number of nitrogens with zero attached hydrogens (tertiary/aromatic N) is 2. The topological polar surface area (TPSA) is 92.1 Å². The van der Waals surface area contributed by atoms with Crippen LogP contribution in [0.3, 0.4) is 0 Å². The number of fused-ring (bicyclic) bond motifs is 1. The maximum Gasteiger partial charge on any atom is 0.411 e. The van der Waals surface area contributed by atoms with Gasteiger partial charge >= 0.3 is 6.09 Å². The predicted octanol–water partition coefficient (Wildman–Crippen LogP) is 3.50. The van der Waals surface area contributed by atoms with E-state index in [4.69, 9.17) is 9.15 Å². The smallest absolute Gasteiger partial charge is 0.411 e. The standard InChI is InChI=1S/C26H33N3O5/c1-26(2,3)34-25(32)29-17-20-8-5-4-7-19(20)15-22(29)24(31)28-12-10-18(11-13-28)23(30)27-16-21-9-6-14-33-21/h4-9,14,18,22H,10-13,15-17H2,1-3H3,(H,27,30). The number of carbonyl (C=O) groups excluding carboxylic acids is 3. The lowest BCUT2D eigenvalue weighted by Gasteiger charge is -2.40. The number of piperidine rings is 1. The fraction of sp³-hybridized carbons (Fsp3) is 0.500. The molecule has 3 heterocycles. The quantitative estimate of drug-likeness (QED) is 0.743. The molecule has 1 N–H and O–H groups in total. The Labute approximate surface area is 200 Å². The third kappa shape index (κ3) is 5.61. The van der Waals surface area contributed by atoms with Crippen LogP contribution in [0.4, 0.5) is 4.79 Å². The fourth-order valence-electron chi connectivity index (χ4n) is 4.56. The third-order valence-corrected chi connectivity index (χ3v) is 6.36.